The number of hydrogen-bond donors (Lipinski definition) is 0. The van der Waals surface area contributed by atoms with Gasteiger partial charge >= 0.3 is 0 Å². The van der Waals surface area contributed by atoms with Gasteiger partial charge in [-0.25, -0.2) is 0 Å². The van der Waals surface area contributed by atoms with Crippen molar-refractivity contribution in [3.8, 4) is 0 Å². The molecular formula is C32H66N2. The van der Waals surface area contributed by atoms with Gasteiger partial charge in [-0.05, 0) is 25.9 Å². The van der Waals surface area contributed by atoms with Crippen molar-refractivity contribution < 1.29 is 0 Å². The largest absolute Gasteiger partial charge is 0.301 e. The zero-order chi connectivity index (χ0) is 24.4. The smallest absolute Gasteiger partial charge is 0.0110 e. The minimum Gasteiger partial charge on any atom is -0.301 e. The third-order valence-corrected chi connectivity index (χ3v) is 8.12. The van der Waals surface area contributed by atoms with Crippen LogP contribution in [-0.4, -0.2) is 49.1 Å². The van der Waals surface area contributed by atoms with E-state index in [9.17, 15) is 0 Å². The van der Waals surface area contributed by atoms with Crippen LogP contribution in [0.2, 0.25) is 0 Å². The van der Waals surface area contributed by atoms with Crippen LogP contribution in [0.3, 0.4) is 0 Å². The van der Waals surface area contributed by atoms with Crippen LogP contribution in [0.15, 0.2) is 0 Å². The summed E-state index contributed by atoms with van der Waals surface area (Å²) in [5, 5.41) is 0. The molecule has 1 fully saturated rings. The average molecular weight is 479 g/mol. The van der Waals surface area contributed by atoms with Gasteiger partial charge in [0.1, 0.15) is 0 Å². The van der Waals surface area contributed by atoms with Gasteiger partial charge in [0, 0.05) is 26.2 Å². The Morgan fingerprint density at radius 3 is 0.735 bits per heavy atom. The molecule has 2 nitrogen and oxygen atoms in total. The molecule has 34 heavy (non-hydrogen) atoms. The number of nitrogens with zero attached hydrogens (tertiary/aromatic N) is 2. The third-order valence-electron chi connectivity index (χ3n) is 8.12. The third kappa shape index (κ3) is 21.2. The van der Waals surface area contributed by atoms with E-state index in [1.807, 2.05) is 0 Å². The van der Waals surface area contributed by atoms with Crippen molar-refractivity contribution in [3.63, 3.8) is 0 Å². The number of rotatable bonds is 26. The van der Waals surface area contributed by atoms with Gasteiger partial charge in [0.05, 0.1) is 0 Å². The topological polar surface area (TPSA) is 6.48 Å². The predicted octanol–water partition coefficient (Wildman–Crippen LogP) is 10.0. The lowest BCUT2D eigenvalue weighted by Crippen LogP contribution is -2.46. The van der Waals surface area contributed by atoms with Crippen molar-refractivity contribution in [2.75, 3.05) is 39.3 Å². The zero-order valence-electron chi connectivity index (χ0n) is 24.1. The normalized spacial score (nSPS) is 15.4. The van der Waals surface area contributed by atoms with Gasteiger partial charge in [0.25, 0.3) is 0 Å². The van der Waals surface area contributed by atoms with Crippen LogP contribution >= 0.6 is 0 Å². The van der Waals surface area contributed by atoms with E-state index in [-0.39, 0.29) is 0 Å². The number of unbranched alkanes of at least 4 members (excludes halogenated alkanes) is 22. The lowest BCUT2D eigenvalue weighted by atomic mass is 10.0. The van der Waals surface area contributed by atoms with Gasteiger partial charge in [0.2, 0.25) is 0 Å². The Morgan fingerprint density at radius 1 is 0.294 bits per heavy atom. The van der Waals surface area contributed by atoms with E-state index in [0.717, 1.165) is 0 Å². The van der Waals surface area contributed by atoms with E-state index in [2.05, 4.69) is 23.6 Å². The summed E-state index contributed by atoms with van der Waals surface area (Å²) in [5.74, 6) is 0. The van der Waals surface area contributed by atoms with Crippen LogP contribution in [0.25, 0.3) is 0 Å². The van der Waals surface area contributed by atoms with Gasteiger partial charge in [-0.3, -0.25) is 0 Å². The Hall–Kier alpha value is -0.0800. The molecule has 1 aliphatic heterocycles. The fourth-order valence-corrected chi connectivity index (χ4v) is 5.59. The van der Waals surface area contributed by atoms with Gasteiger partial charge in [-0.15, -0.1) is 0 Å². The molecule has 0 aromatic carbocycles. The maximum absolute atomic E-state index is 2.73. The molecule has 0 atom stereocenters. The van der Waals surface area contributed by atoms with Gasteiger partial charge in [-0.1, -0.05) is 155 Å². The second-order valence-corrected chi connectivity index (χ2v) is 11.5. The first-order valence-electron chi connectivity index (χ1n) is 16.3. The van der Waals surface area contributed by atoms with E-state index in [1.165, 1.54) is 193 Å². The van der Waals surface area contributed by atoms with Crippen LogP contribution in [0, 0.1) is 0 Å². The average Bonchev–Trinajstić information content (AvgIpc) is 2.86. The van der Waals surface area contributed by atoms with E-state index in [1.54, 1.807) is 0 Å². The molecule has 0 N–H and O–H groups in total. The SMILES string of the molecule is CCCCCCCCCCCCCCCCN1CCN(CCCCCCCCCCCC)CC1. The number of piperazine rings is 1. The molecule has 0 spiro atoms. The molecule has 2 heteroatoms. The van der Waals surface area contributed by atoms with Gasteiger partial charge < -0.3 is 9.80 Å². The Kier molecular flexibility index (Phi) is 24.4. The van der Waals surface area contributed by atoms with Crippen LogP contribution in [0.4, 0.5) is 0 Å². The highest BCUT2D eigenvalue weighted by molar-refractivity contribution is 4.72. The molecule has 204 valence electrons. The van der Waals surface area contributed by atoms with E-state index < -0.39 is 0 Å². The molecule has 0 aliphatic carbocycles. The molecule has 0 bridgehead atoms. The molecule has 0 aromatic heterocycles. The fourth-order valence-electron chi connectivity index (χ4n) is 5.59. The van der Waals surface area contributed by atoms with Crippen molar-refractivity contribution in [3.05, 3.63) is 0 Å². The monoisotopic (exact) mass is 479 g/mol. The summed E-state index contributed by atoms with van der Waals surface area (Å²) in [6, 6.07) is 0. The van der Waals surface area contributed by atoms with E-state index in [0.29, 0.717) is 0 Å². The first-order chi connectivity index (χ1) is 16.9. The van der Waals surface area contributed by atoms with Gasteiger partial charge in [-0.2, -0.15) is 0 Å². The molecule has 1 rings (SSSR count). The van der Waals surface area contributed by atoms with Crippen LogP contribution in [-0.2, 0) is 0 Å². The highest BCUT2D eigenvalue weighted by atomic mass is 15.3. The summed E-state index contributed by atoms with van der Waals surface area (Å²) in [6.45, 7) is 12.6. The summed E-state index contributed by atoms with van der Waals surface area (Å²) >= 11 is 0. The first kappa shape index (κ1) is 31.9. The predicted molar refractivity (Wildman–Crippen MR) is 155 cm³/mol. The Morgan fingerprint density at radius 2 is 0.500 bits per heavy atom. The van der Waals surface area contributed by atoms with Crippen LogP contribution in [0.1, 0.15) is 168 Å². The maximum atomic E-state index is 2.73. The maximum Gasteiger partial charge on any atom is 0.0110 e. The fraction of sp³-hybridized carbons (Fsp3) is 1.00. The molecule has 0 amide bonds. The second-order valence-electron chi connectivity index (χ2n) is 11.5. The summed E-state index contributed by atoms with van der Waals surface area (Å²) in [6.07, 6.45) is 35.0. The summed E-state index contributed by atoms with van der Waals surface area (Å²) < 4.78 is 0. The Balaban J connectivity index is 1.76. The van der Waals surface area contributed by atoms with Crippen molar-refractivity contribution in [2.24, 2.45) is 0 Å². The molecule has 0 saturated carbocycles. The molecular weight excluding hydrogens is 412 g/mol. The lowest BCUT2D eigenvalue weighted by Gasteiger charge is -2.34. The lowest BCUT2D eigenvalue weighted by molar-refractivity contribution is 0.129. The second kappa shape index (κ2) is 26.0. The minimum absolute atomic E-state index is 1.32. The first-order valence-corrected chi connectivity index (χ1v) is 16.3. The van der Waals surface area contributed by atoms with Crippen molar-refractivity contribution in [1.82, 2.24) is 9.80 Å². The molecule has 1 saturated heterocycles. The van der Waals surface area contributed by atoms with Crippen LogP contribution < -0.4 is 0 Å². The molecule has 1 aliphatic rings. The quantitative estimate of drug-likeness (QED) is 0.114. The minimum atomic E-state index is 1.32. The zero-order valence-corrected chi connectivity index (χ0v) is 24.1. The van der Waals surface area contributed by atoms with Crippen molar-refractivity contribution >= 4 is 0 Å². The molecule has 0 aromatic rings. The van der Waals surface area contributed by atoms with Gasteiger partial charge in [0.15, 0.2) is 0 Å². The molecule has 0 radical (unpaired) electrons. The summed E-state index contributed by atoms with van der Waals surface area (Å²) in [5.41, 5.74) is 0. The van der Waals surface area contributed by atoms with Crippen molar-refractivity contribution in [1.29, 1.82) is 0 Å². The van der Waals surface area contributed by atoms with E-state index in [4.69, 9.17) is 0 Å². The highest BCUT2D eigenvalue weighted by Gasteiger charge is 2.15. The summed E-state index contributed by atoms with van der Waals surface area (Å²) in [7, 11) is 0. The number of hydrogen-bond acceptors (Lipinski definition) is 2. The van der Waals surface area contributed by atoms with Crippen molar-refractivity contribution in [2.45, 2.75) is 168 Å². The van der Waals surface area contributed by atoms with Crippen LogP contribution in [0.5, 0.6) is 0 Å². The molecule has 1 heterocycles. The van der Waals surface area contributed by atoms with E-state index >= 15 is 0 Å². The Labute approximate surface area is 217 Å². The standard InChI is InChI=1S/C32H66N2/c1-3-5-7-9-11-13-15-16-17-18-20-22-24-26-28-34-31-29-33(30-32-34)27-25-23-21-19-14-12-10-8-6-4-2/h3-32H2,1-2H3. The molecule has 0 unspecified atom stereocenters. The summed E-state index contributed by atoms with van der Waals surface area (Å²) in [4.78, 5) is 5.46. The highest BCUT2D eigenvalue weighted by Crippen LogP contribution is 2.14. The Bertz CT molecular complexity index is 375.